The van der Waals surface area contributed by atoms with E-state index in [0.717, 1.165) is 0 Å². The number of carbonyl (C=O) groups is 1. The third kappa shape index (κ3) is 6.23. The van der Waals surface area contributed by atoms with E-state index in [2.05, 4.69) is 37.2 Å². The Hall–Kier alpha value is 0.230. The van der Waals surface area contributed by atoms with Gasteiger partial charge in [0.1, 0.15) is 0 Å². The summed E-state index contributed by atoms with van der Waals surface area (Å²) in [5.41, 5.74) is 0. The smallest absolute Gasteiger partial charge is 0.404 e. The molecule has 0 aromatic heterocycles. The van der Waals surface area contributed by atoms with Crippen LogP contribution in [0.4, 0.5) is 4.79 Å². The second-order valence-electron chi connectivity index (χ2n) is 1.08. The van der Waals surface area contributed by atoms with Crippen LogP contribution in [0.2, 0.25) is 0 Å². The number of alkyl halides is 2. The van der Waals surface area contributed by atoms with Crippen molar-refractivity contribution in [2.75, 3.05) is 6.54 Å². The van der Waals surface area contributed by atoms with E-state index >= 15 is 0 Å². The average Bonchev–Trinajstić information content (AvgIpc) is 1.61. The van der Waals surface area contributed by atoms with Crippen LogP contribution < -0.4 is 5.32 Å². The van der Waals surface area contributed by atoms with Gasteiger partial charge in [-0.05, 0) is 0 Å². The molecule has 0 atom stereocenters. The molecule has 0 saturated carbocycles. The minimum atomic E-state index is -1.01. The van der Waals surface area contributed by atoms with Crippen LogP contribution in [0.5, 0.6) is 0 Å². The van der Waals surface area contributed by atoms with Crippen molar-refractivity contribution >= 4 is 38.0 Å². The molecule has 1 amide bonds. The Morgan fingerprint density at radius 3 is 2.38 bits per heavy atom. The standard InChI is InChI=1S/C3H5Br2NO2/c4-2(5)1-6-3(7)8/h2,6H,1H2,(H,7,8). The molecule has 0 saturated heterocycles. The van der Waals surface area contributed by atoms with Crippen LogP contribution in [-0.4, -0.2) is 21.5 Å². The zero-order valence-corrected chi connectivity index (χ0v) is 7.07. The molecular formula is C3H5Br2NO2. The number of halogens is 2. The van der Waals surface area contributed by atoms with Gasteiger partial charge in [-0.15, -0.1) is 0 Å². The van der Waals surface area contributed by atoms with Crippen molar-refractivity contribution in [2.24, 2.45) is 0 Å². The van der Waals surface area contributed by atoms with Crippen LogP contribution in [0.3, 0.4) is 0 Å². The van der Waals surface area contributed by atoms with E-state index in [0.29, 0.717) is 6.54 Å². The summed E-state index contributed by atoms with van der Waals surface area (Å²) in [5, 5.41) is 10.2. The molecule has 0 bridgehead atoms. The van der Waals surface area contributed by atoms with Crippen LogP contribution in [-0.2, 0) is 0 Å². The van der Waals surface area contributed by atoms with E-state index in [1.807, 2.05) is 0 Å². The molecule has 8 heavy (non-hydrogen) atoms. The van der Waals surface area contributed by atoms with E-state index < -0.39 is 6.09 Å². The van der Waals surface area contributed by atoms with E-state index in [-0.39, 0.29) is 3.74 Å². The van der Waals surface area contributed by atoms with Crippen LogP contribution in [0.1, 0.15) is 0 Å². The number of hydrogen-bond acceptors (Lipinski definition) is 1. The summed E-state index contributed by atoms with van der Waals surface area (Å²) in [4.78, 5) is 9.75. The van der Waals surface area contributed by atoms with Gasteiger partial charge in [-0.1, -0.05) is 31.9 Å². The van der Waals surface area contributed by atoms with Crippen LogP contribution >= 0.6 is 31.9 Å². The molecule has 48 valence electrons. The van der Waals surface area contributed by atoms with Crippen molar-refractivity contribution in [3.05, 3.63) is 0 Å². The van der Waals surface area contributed by atoms with Gasteiger partial charge in [0, 0.05) is 6.54 Å². The maximum absolute atomic E-state index is 9.75. The number of carboxylic acid groups (broad SMARTS) is 1. The molecule has 0 rings (SSSR count). The molecule has 0 spiro atoms. The monoisotopic (exact) mass is 245 g/mol. The van der Waals surface area contributed by atoms with Crippen LogP contribution in [0.25, 0.3) is 0 Å². The van der Waals surface area contributed by atoms with Gasteiger partial charge in [0.25, 0.3) is 0 Å². The molecule has 0 aliphatic heterocycles. The number of hydrogen-bond donors (Lipinski definition) is 2. The van der Waals surface area contributed by atoms with E-state index in [4.69, 9.17) is 5.11 Å². The van der Waals surface area contributed by atoms with Crippen LogP contribution in [0, 0.1) is 0 Å². The summed E-state index contributed by atoms with van der Waals surface area (Å²) in [7, 11) is 0. The lowest BCUT2D eigenvalue weighted by molar-refractivity contribution is 0.195. The Labute approximate surface area is 63.7 Å². The Morgan fingerprint density at radius 1 is 1.75 bits per heavy atom. The summed E-state index contributed by atoms with van der Waals surface area (Å²) < 4.78 is 0.0195. The summed E-state index contributed by atoms with van der Waals surface area (Å²) >= 11 is 6.19. The zero-order valence-electron chi connectivity index (χ0n) is 3.90. The molecular weight excluding hydrogens is 242 g/mol. The Kier molecular flexibility index (Phi) is 4.26. The summed E-state index contributed by atoms with van der Waals surface area (Å²) in [6.07, 6.45) is -1.01. The minimum Gasteiger partial charge on any atom is -0.465 e. The molecule has 0 aromatic carbocycles. The van der Waals surface area contributed by atoms with Gasteiger partial charge in [-0.25, -0.2) is 4.79 Å². The first kappa shape index (κ1) is 8.23. The summed E-state index contributed by atoms with van der Waals surface area (Å²) in [6.45, 7) is 0.370. The van der Waals surface area contributed by atoms with Gasteiger partial charge >= 0.3 is 6.09 Å². The molecule has 0 unspecified atom stereocenters. The fourth-order valence-corrected chi connectivity index (χ4v) is 0.488. The number of amides is 1. The molecule has 0 heterocycles. The lowest BCUT2D eigenvalue weighted by Crippen LogP contribution is -2.25. The van der Waals surface area contributed by atoms with Gasteiger partial charge in [0.2, 0.25) is 0 Å². The second-order valence-corrected chi connectivity index (χ2v) is 4.52. The predicted octanol–water partition coefficient (Wildman–Crippen LogP) is 1.37. The van der Waals surface area contributed by atoms with Crippen molar-refractivity contribution in [2.45, 2.75) is 3.74 Å². The third-order valence-corrected chi connectivity index (χ3v) is 1.06. The minimum absolute atomic E-state index is 0.0195. The topological polar surface area (TPSA) is 49.3 Å². The SMILES string of the molecule is O=C(O)NCC(Br)Br. The van der Waals surface area contributed by atoms with Gasteiger partial charge < -0.3 is 10.4 Å². The summed E-state index contributed by atoms with van der Waals surface area (Å²) in [6, 6.07) is 0. The molecule has 0 aromatic rings. The molecule has 3 nitrogen and oxygen atoms in total. The largest absolute Gasteiger partial charge is 0.465 e. The van der Waals surface area contributed by atoms with Gasteiger partial charge in [-0.3, -0.25) is 0 Å². The van der Waals surface area contributed by atoms with E-state index in [9.17, 15) is 4.79 Å². The number of nitrogens with one attached hydrogen (secondary N) is 1. The lowest BCUT2D eigenvalue weighted by Gasteiger charge is -1.98. The molecule has 0 radical (unpaired) electrons. The molecule has 0 aliphatic carbocycles. The third-order valence-electron chi connectivity index (χ3n) is 0.408. The van der Waals surface area contributed by atoms with Crippen LogP contribution in [0.15, 0.2) is 0 Å². The first-order valence-corrected chi connectivity index (χ1v) is 3.71. The first-order chi connectivity index (χ1) is 3.63. The van der Waals surface area contributed by atoms with Gasteiger partial charge in [0.15, 0.2) is 0 Å². The van der Waals surface area contributed by atoms with Crippen molar-refractivity contribution in [1.29, 1.82) is 0 Å². The highest BCUT2D eigenvalue weighted by molar-refractivity contribution is 9.24. The van der Waals surface area contributed by atoms with E-state index in [1.54, 1.807) is 0 Å². The molecule has 2 N–H and O–H groups in total. The second kappa shape index (κ2) is 4.14. The Balaban J connectivity index is 3.05. The number of rotatable bonds is 2. The Bertz CT molecular complexity index is 85.4. The average molecular weight is 247 g/mol. The highest BCUT2D eigenvalue weighted by Crippen LogP contribution is 2.04. The maximum atomic E-state index is 9.75. The van der Waals surface area contributed by atoms with E-state index in [1.165, 1.54) is 0 Å². The fourth-order valence-electron chi connectivity index (χ4n) is 0.164. The maximum Gasteiger partial charge on any atom is 0.404 e. The lowest BCUT2D eigenvalue weighted by atomic mass is 10.8. The quantitative estimate of drug-likeness (QED) is 0.724. The molecule has 0 aliphatic rings. The normalized spacial score (nSPS) is 9.38. The highest BCUT2D eigenvalue weighted by Gasteiger charge is 1.97. The zero-order chi connectivity index (χ0) is 6.57. The Morgan fingerprint density at radius 2 is 2.25 bits per heavy atom. The van der Waals surface area contributed by atoms with Crippen molar-refractivity contribution in [3.63, 3.8) is 0 Å². The van der Waals surface area contributed by atoms with Gasteiger partial charge in [-0.2, -0.15) is 0 Å². The highest BCUT2D eigenvalue weighted by atomic mass is 79.9. The predicted molar refractivity (Wildman–Crippen MR) is 37.7 cm³/mol. The summed E-state index contributed by atoms with van der Waals surface area (Å²) in [5.74, 6) is 0. The first-order valence-electron chi connectivity index (χ1n) is 1.88. The van der Waals surface area contributed by atoms with Crippen molar-refractivity contribution < 1.29 is 9.90 Å². The van der Waals surface area contributed by atoms with Crippen molar-refractivity contribution in [3.8, 4) is 0 Å². The van der Waals surface area contributed by atoms with Gasteiger partial charge in [0.05, 0.1) is 3.74 Å². The molecule has 0 fully saturated rings. The van der Waals surface area contributed by atoms with Crippen molar-refractivity contribution in [1.82, 2.24) is 5.32 Å². The molecule has 5 heteroatoms. The fraction of sp³-hybridized carbons (Fsp3) is 0.667.